The van der Waals surface area contributed by atoms with Gasteiger partial charge in [-0.25, -0.2) is 4.79 Å². The van der Waals surface area contributed by atoms with Crippen molar-refractivity contribution in [1.82, 2.24) is 5.32 Å². The van der Waals surface area contributed by atoms with E-state index >= 15 is 0 Å². The highest BCUT2D eigenvalue weighted by atomic mass is 35.5. The van der Waals surface area contributed by atoms with Crippen molar-refractivity contribution < 1.29 is 23.9 Å². The summed E-state index contributed by atoms with van der Waals surface area (Å²) in [5.74, 6) is -0.925. The van der Waals surface area contributed by atoms with E-state index in [1.54, 1.807) is 19.1 Å². The third kappa shape index (κ3) is 4.17. The van der Waals surface area contributed by atoms with Gasteiger partial charge in [-0.15, -0.1) is 0 Å². The quantitative estimate of drug-likeness (QED) is 0.786. The molecule has 2 rings (SSSR count). The van der Waals surface area contributed by atoms with Gasteiger partial charge in [-0.05, 0) is 31.9 Å². The highest BCUT2D eigenvalue weighted by molar-refractivity contribution is 6.31. The highest BCUT2D eigenvalue weighted by Crippen LogP contribution is 2.31. The molecule has 7 nitrogen and oxygen atoms in total. The number of methoxy groups -OCH3 is 1. The normalized spacial score (nSPS) is 17.8. The number of ether oxygens (including phenoxy) is 2. The monoisotopic (exact) mass is 354 g/mol. The van der Waals surface area contributed by atoms with Crippen LogP contribution in [0.1, 0.15) is 25.3 Å². The Bertz CT molecular complexity index is 677. The first-order chi connectivity index (χ1) is 11.3. The molecule has 0 spiro atoms. The van der Waals surface area contributed by atoms with E-state index in [1.165, 1.54) is 14.0 Å². The van der Waals surface area contributed by atoms with Crippen LogP contribution in [0.2, 0.25) is 5.02 Å². The van der Waals surface area contributed by atoms with Crippen molar-refractivity contribution >= 4 is 35.1 Å². The first-order valence-electron chi connectivity index (χ1n) is 7.46. The van der Waals surface area contributed by atoms with Gasteiger partial charge < -0.3 is 20.1 Å². The molecule has 0 unspecified atom stereocenters. The molecule has 0 aromatic heterocycles. The van der Waals surface area contributed by atoms with Crippen LogP contribution in [0.3, 0.4) is 0 Å². The summed E-state index contributed by atoms with van der Waals surface area (Å²) in [6.45, 7) is 3.25. The summed E-state index contributed by atoms with van der Waals surface area (Å²) in [6, 6.07) is 2.57. The fraction of sp³-hybridized carbons (Fsp3) is 0.438. The number of carbonyl (C=O) groups is 3. The molecule has 2 atom stereocenters. The number of anilines is 1. The van der Waals surface area contributed by atoms with Crippen LogP contribution in [0, 0.1) is 6.92 Å². The fourth-order valence-corrected chi connectivity index (χ4v) is 2.42. The van der Waals surface area contributed by atoms with Gasteiger partial charge in [0.15, 0.2) is 6.10 Å². The number of aryl methyl sites for hydroxylation is 1. The summed E-state index contributed by atoms with van der Waals surface area (Å²) in [7, 11) is 1.46. The number of hydrogen-bond donors (Lipinski definition) is 2. The zero-order chi connectivity index (χ0) is 17.9. The minimum absolute atomic E-state index is 0.199. The molecule has 1 aromatic rings. The smallest absolute Gasteiger partial charge is 0.329 e. The van der Waals surface area contributed by atoms with Crippen LogP contribution < -0.4 is 15.4 Å². The molecular formula is C16H19ClN2O5. The summed E-state index contributed by atoms with van der Waals surface area (Å²) in [4.78, 5) is 35.3. The Morgan fingerprint density at radius 2 is 2.12 bits per heavy atom. The van der Waals surface area contributed by atoms with Gasteiger partial charge in [-0.3, -0.25) is 9.59 Å². The average Bonchev–Trinajstić information content (AvgIpc) is 2.97. The van der Waals surface area contributed by atoms with Crippen molar-refractivity contribution in [2.75, 3.05) is 12.4 Å². The summed E-state index contributed by atoms with van der Waals surface area (Å²) >= 11 is 6.02. The number of rotatable bonds is 5. The molecule has 2 N–H and O–H groups in total. The maximum Gasteiger partial charge on any atom is 0.329 e. The van der Waals surface area contributed by atoms with Gasteiger partial charge >= 0.3 is 5.97 Å². The van der Waals surface area contributed by atoms with Crippen molar-refractivity contribution in [2.24, 2.45) is 0 Å². The van der Waals surface area contributed by atoms with E-state index in [-0.39, 0.29) is 12.3 Å². The molecule has 1 aliphatic heterocycles. The van der Waals surface area contributed by atoms with E-state index in [4.69, 9.17) is 21.1 Å². The van der Waals surface area contributed by atoms with E-state index in [2.05, 4.69) is 10.6 Å². The first-order valence-corrected chi connectivity index (χ1v) is 7.84. The average molecular weight is 355 g/mol. The predicted molar refractivity (Wildman–Crippen MR) is 88.1 cm³/mol. The van der Waals surface area contributed by atoms with Crippen molar-refractivity contribution in [3.63, 3.8) is 0 Å². The van der Waals surface area contributed by atoms with Crippen LogP contribution in [0.4, 0.5) is 5.69 Å². The minimum Gasteiger partial charge on any atom is -0.495 e. The van der Waals surface area contributed by atoms with Crippen molar-refractivity contribution in [3.05, 3.63) is 22.7 Å². The maximum absolute atomic E-state index is 12.2. The third-order valence-corrected chi connectivity index (χ3v) is 4.09. The van der Waals surface area contributed by atoms with Crippen LogP contribution in [0.25, 0.3) is 0 Å². The molecule has 1 saturated heterocycles. The first kappa shape index (κ1) is 18.1. The molecule has 130 valence electrons. The van der Waals surface area contributed by atoms with E-state index in [9.17, 15) is 14.4 Å². The van der Waals surface area contributed by atoms with E-state index in [0.717, 1.165) is 5.56 Å². The zero-order valence-electron chi connectivity index (χ0n) is 13.6. The lowest BCUT2D eigenvalue weighted by atomic mass is 10.2. The molecule has 0 saturated carbocycles. The number of halogens is 1. The SMILES string of the molecule is COc1cc(Cl)c(C)cc1NC(=O)[C@H](C)OC(=O)[C@@H]1CCC(=O)N1. The lowest BCUT2D eigenvalue weighted by Gasteiger charge is -2.17. The Balaban J connectivity index is 2.00. The Morgan fingerprint density at radius 1 is 1.42 bits per heavy atom. The van der Waals surface area contributed by atoms with Gasteiger partial charge in [-0.2, -0.15) is 0 Å². The maximum atomic E-state index is 12.2. The number of hydrogen-bond acceptors (Lipinski definition) is 5. The third-order valence-electron chi connectivity index (χ3n) is 3.68. The predicted octanol–water partition coefficient (Wildman–Crippen LogP) is 1.81. The molecule has 1 fully saturated rings. The summed E-state index contributed by atoms with van der Waals surface area (Å²) in [5.41, 5.74) is 1.20. The number of benzene rings is 1. The Morgan fingerprint density at radius 3 is 2.71 bits per heavy atom. The van der Waals surface area contributed by atoms with Gasteiger partial charge in [0.25, 0.3) is 5.91 Å². The number of amides is 2. The minimum atomic E-state index is -1.02. The van der Waals surface area contributed by atoms with Gasteiger partial charge in [-0.1, -0.05) is 11.6 Å². The highest BCUT2D eigenvalue weighted by Gasteiger charge is 2.31. The lowest BCUT2D eigenvalue weighted by Crippen LogP contribution is -2.39. The van der Waals surface area contributed by atoms with E-state index < -0.39 is 24.0 Å². The number of carbonyl (C=O) groups excluding carboxylic acids is 3. The van der Waals surface area contributed by atoms with Crippen LogP contribution in [-0.2, 0) is 19.1 Å². The standard InChI is InChI=1S/C16H19ClN2O5/c1-8-6-12(13(23-3)7-10(8)17)19-15(21)9(2)24-16(22)11-4-5-14(20)18-11/h6-7,9,11H,4-5H2,1-3H3,(H,18,20)(H,19,21)/t9-,11-/m0/s1. The molecule has 0 bridgehead atoms. The van der Waals surface area contributed by atoms with Crippen LogP contribution in [0.15, 0.2) is 12.1 Å². The van der Waals surface area contributed by atoms with E-state index in [0.29, 0.717) is 22.9 Å². The molecule has 1 aromatic carbocycles. The molecule has 2 amide bonds. The zero-order valence-corrected chi connectivity index (χ0v) is 14.4. The Labute approximate surface area is 144 Å². The van der Waals surface area contributed by atoms with Gasteiger partial charge in [0.2, 0.25) is 5.91 Å². The number of nitrogens with one attached hydrogen (secondary N) is 2. The second-order valence-electron chi connectivity index (χ2n) is 5.53. The van der Waals surface area contributed by atoms with Crippen LogP contribution in [-0.4, -0.2) is 37.0 Å². The van der Waals surface area contributed by atoms with Crippen LogP contribution >= 0.6 is 11.6 Å². The van der Waals surface area contributed by atoms with Gasteiger partial charge in [0, 0.05) is 17.5 Å². The second kappa shape index (κ2) is 7.53. The van der Waals surface area contributed by atoms with Gasteiger partial charge in [0.05, 0.1) is 12.8 Å². The molecule has 0 aliphatic carbocycles. The second-order valence-corrected chi connectivity index (χ2v) is 5.94. The largest absolute Gasteiger partial charge is 0.495 e. The molecule has 24 heavy (non-hydrogen) atoms. The lowest BCUT2D eigenvalue weighted by molar-refractivity contribution is -0.155. The summed E-state index contributed by atoms with van der Waals surface area (Å²) < 4.78 is 10.3. The molecule has 8 heteroatoms. The van der Waals surface area contributed by atoms with Crippen LogP contribution in [0.5, 0.6) is 5.75 Å². The summed E-state index contributed by atoms with van der Waals surface area (Å²) in [5, 5.41) is 5.66. The van der Waals surface area contributed by atoms with E-state index in [1.807, 2.05) is 0 Å². The Kier molecular flexibility index (Phi) is 5.66. The Hall–Kier alpha value is -2.28. The molecule has 1 heterocycles. The number of esters is 1. The van der Waals surface area contributed by atoms with Gasteiger partial charge in [0.1, 0.15) is 11.8 Å². The van der Waals surface area contributed by atoms with Crippen molar-refractivity contribution in [3.8, 4) is 5.75 Å². The summed E-state index contributed by atoms with van der Waals surface area (Å²) in [6.07, 6.45) is -0.367. The molecule has 0 radical (unpaired) electrons. The fourth-order valence-electron chi connectivity index (χ4n) is 2.26. The topological polar surface area (TPSA) is 93.7 Å². The molecule has 1 aliphatic rings. The van der Waals surface area contributed by atoms with Crippen molar-refractivity contribution in [1.29, 1.82) is 0 Å². The molecular weight excluding hydrogens is 336 g/mol. The van der Waals surface area contributed by atoms with Crippen molar-refractivity contribution in [2.45, 2.75) is 38.8 Å².